The van der Waals surface area contributed by atoms with Crippen molar-refractivity contribution in [2.75, 3.05) is 13.1 Å². The van der Waals surface area contributed by atoms with Gasteiger partial charge in [-0.05, 0) is 18.4 Å². The predicted octanol–water partition coefficient (Wildman–Crippen LogP) is 4.86. The van der Waals surface area contributed by atoms with E-state index in [1.165, 1.54) is 16.8 Å². The quantitative estimate of drug-likeness (QED) is 0.723. The molecule has 0 aliphatic carbocycles. The van der Waals surface area contributed by atoms with E-state index in [0.717, 1.165) is 37.2 Å². The first-order valence-corrected chi connectivity index (χ1v) is 9.74. The van der Waals surface area contributed by atoms with Crippen molar-refractivity contribution in [1.82, 2.24) is 15.1 Å². The molecular formula is C23H25N3O. The lowest BCUT2D eigenvalue weighted by molar-refractivity contribution is -0.131. The Morgan fingerprint density at radius 2 is 1.59 bits per heavy atom. The minimum Gasteiger partial charge on any atom is -0.343 e. The molecule has 0 atom stereocenters. The number of likely N-dealkylation sites (tertiary alicyclic amines) is 1. The maximum Gasteiger partial charge on any atom is 0.222 e. The highest BCUT2D eigenvalue weighted by atomic mass is 16.2. The highest BCUT2D eigenvalue weighted by Crippen LogP contribution is 2.39. The molecule has 4 heteroatoms. The normalized spacial score (nSPS) is 15.1. The molecule has 4 nitrogen and oxygen atoms in total. The maximum absolute atomic E-state index is 12.0. The molecule has 0 saturated carbocycles. The SMILES string of the molecule is CCC(=O)N1CCC(c2[nH]nc(-c3ccccc3)c2-c2ccccc2)CC1. The Labute approximate surface area is 160 Å². The number of aromatic nitrogens is 2. The van der Waals surface area contributed by atoms with Crippen LogP contribution in [0.4, 0.5) is 0 Å². The van der Waals surface area contributed by atoms with Crippen LogP contribution >= 0.6 is 0 Å². The van der Waals surface area contributed by atoms with Crippen molar-refractivity contribution in [3.05, 3.63) is 66.4 Å². The molecule has 1 saturated heterocycles. The molecule has 0 radical (unpaired) electrons. The molecule has 1 amide bonds. The monoisotopic (exact) mass is 359 g/mol. The number of aromatic amines is 1. The third-order valence-electron chi connectivity index (χ3n) is 5.46. The van der Waals surface area contributed by atoms with E-state index >= 15 is 0 Å². The van der Waals surface area contributed by atoms with Gasteiger partial charge >= 0.3 is 0 Å². The van der Waals surface area contributed by atoms with Gasteiger partial charge in [-0.25, -0.2) is 0 Å². The van der Waals surface area contributed by atoms with Gasteiger partial charge in [-0.2, -0.15) is 5.10 Å². The second-order valence-corrected chi connectivity index (χ2v) is 7.10. The maximum atomic E-state index is 12.0. The van der Waals surface area contributed by atoms with Crippen molar-refractivity contribution < 1.29 is 4.79 Å². The van der Waals surface area contributed by atoms with Crippen molar-refractivity contribution in [2.24, 2.45) is 0 Å². The Morgan fingerprint density at radius 1 is 1.00 bits per heavy atom. The Hall–Kier alpha value is -2.88. The number of hydrogen-bond acceptors (Lipinski definition) is 2. The van der Waals surface area contributed by atoms with Gasteiger partial charge in [-0.3, -0.25) is 9.89 Å². The van der Waals surface area contributed by atoms with Crippen LogP contribution in [0, 0.1) is 0 Å². The number of nitrogens with one attached hydrogen (secondary N) is 1. The average molecular weight is 359 g/mol. The van der Waals surface area contributed by atoms with Crippen LogP contribution in [-0.2, 0) is 4.79 Å². The van der Waals surface area contributed by atoms with Crippen LogP contribution in [0.25, 0.3) is 22.4 Å². The fourth-order valence-electron chi connectivity index (χ4n) is 3.99. The fourth-order valence-corrected chi connectivity index (χ4v) is 3.99. The number of piperidine rings is 1. The molecule has 1 aliphatic rings. The zero-order valence-electron chi connectivity index (χ0n) is 15.7. The zero-order chi connectivity index (χ0) is 18.6. The largest absolute Gasteiger partial charge is 0.343 e. The van der Waals surface area contributed by atoms with Crippen LogP contribution in [0.2, 0.25) is 0 Å². The molecule has 0 unspecified atom stereocenters. The van der Waals surface area contributed by atoms with Gasteiger partial charge in [-0.1, -0.05) is 67.6 Å². The first kappa shape index (κ1) is 17.5. The molecule has 138 valence electrons. The van der Waals surface area contributed by atoms with Crippen molar-refractivity contribution in [2.45, 2.75) is 32.1 Å². The van der Waals surface area contributed by atoms with Gasteiger partial charge < -0.3 is 4.90 Å². The molecule has 27 heavy (non-hydrogen) atoms. The van der Waals surface area contributed by atoms with Gasteiger partial charge in [-0.15, -0.1) is 0 Å². The molecule has 4 rings (SSSR count). The first-order valence-electron chi connectivity index (χ1n) is 9.74. The van der Waals surface area contributed by atoms with E-state index in [1.54, 1.807) is 0 Å². The minimum atomic E-state index is 0.256. The summed E-state index contributed by atoms with van der Waals surface area (Å²) in [5.41, 5.74) is 5.71. The molecule has 1 fully saturated rings. The summed E-state index contributed by atoms with van der Waals surface area (Å²) in [5, 5.41) is 8.05. The number of amides is 1. The van der Waals surface area contributed by atoms with Gasteiger partial charge in [0, 0.05) is 42.2 Å². The van der Waals surface area contributed by atoms with Crippen LogP contribution < -0.4 is 0 Å². The van der Waals surface area contributed by atoms with E-state index in [0.29, 0.717) is 12.3 Å². The van der Waals surface area contributed by atoms with Crippen molar-refractivity contribution in [3.63, 3.8) is 0 Å². The number of carbonyl (C=O) groups excluding carboxylic acids is 1. The first-order chi connectivity index (χ1) is 13.3. The highest BCUT2D eigenvalue weighted by Gasteiger charge is 2.28. The predicted molar refractivity (Wildman–Crippen MR) is 108 cm³/mol. The number of rotatable bonds is 4. The topological polar surface area (TPSA) is 49.0 Å². The Morgan fingerprint density at radius 3 is 2.19 bits per heavy atom. The summed E-state index contributed by atoms with van der Waals surface area (Å²) in [7, 11) is 0. The lowest BCUT2D eigenvalue weighted by Crippen LogP contribution is -2.37. The van der Waals surface area contributed by atoms with Gasteiger partial charge in [0.25, 0.3) is 0 Å². The molecule has 0 bridgehead atoms. The van der Waals surface area contributed by atoms with E-state index in [4.69, 9.17) is 5.10 Å². The third-order valence-corrected chi connectivity index (χ3v) is 5.46. The van der Waals surface area contributed by atoms with Gasteiger partial charge in [0.2, 0.25) is 5.91 Å². The smallest absolute Gasteiger partial charge is 0.222 e. The molecule has 1 aliphatic heterocycles. The summed E-state index contributed by atoms with van der Waals surface area (Å²) >= 11 is 0. The van der Waals surface area contributed by atoms with Crippen LogP contribution in [0.3, 0.4) is 0 Å². The number of hydrogen-bond donors (Lipinski definition) is 1. The summed E-state index contributed by atoms with van der Waals surface area (Å²) in [5.74, 6) is 0.650. The van der Waals surface area contributed by atoms with E-state index in [1.807, 2.05) is 36.1 Å². The fraction of sp³-hybridized carbons (Fsp3) is 0.304. The molecule has 0 spiro atoms. The molecule has 1 aromatic heterocycles. The summed E-state index contributed by atoms with van der Waals surface area (Å²) < 4.78 is 0. The van der Waals surface area contributed by atoms with E-state index in [2.05, 4.69) is 41.5 Å². The van der Waals surface area contributed by atoms with Crippen LogP contribution in [0.15, 0.2) is 60.7 Å². The Balaban J connectivity index is 1.70. The molecule has 1 N–H and O–H groups in total. The highest BCUT2D eigenvalue weighted by molar-refractivity contribution is 5.83. The van der Waals surface area contributed by atoms with Gasteiger partial charge in [0.15, 0.2) is 0 Å². The molecule has 2 aromatic carbocycles. The zero-order valence-corrected chi connectivity index (χ0v) is 15.7. The average Bonchev–Trinajstić information content (AvgIpc) is 3.19. The Bertz CT molecular complexity index is 894. The second-order valence-electron chi connectivity index (χ2n) is 7.10. The summed E-state index contributed by atoms with van der Waals surface area (Å²) in [6.45, 7) is 3.58. The van der Waals surface area contributed by atoms with E-state index in [-0.39, 0.29) is 5.91 Å². The lowest BCUT2D eigenvalue weighted by atomic mass is 9.87. The minimum absolute atomic E-state index is 0.256. The third kappa shape index (κ3) is 3.52. The van der Waals surface area contributed by atoms with Crippen LogP contribution in [-0.4, -0.2) is 34.1 Å². The summed E-state index contributed by atoms with van der Waals surface area (Å²) in [4.78, 5) is 14.0. The molecule has 3 aromatic rings. The summed E-state index contributed by atoms with van der Waals surface area (Å²) in [6.07, 6.45) is 2.53. The van der Waals surface area contributed by atoms with Gasteiger partial charge in [0.1, 0.15) is 5.69 Å². The number of nitrogens with zero attached hydrogens (tertiary/aromatic N) is 2. The van der Waals surface area contributed by atoms with E-state index in [9.17, 15) is 4.79 Å². The van der Waals surface area contributed by atoms with Crippen LogP contribution in [0.5, 0.6) is 0 Å². The van der Waals surface area contributed by atoms with Crippen molar-refractivity contribution in [1.29, 1.82) is 0 Å². The second kappa shape index (κ2) is 7.78. The number of benzene rings is 2. The van der Waals surface area contributed by atoms with Crippen LogP contribution in [0.1, 0.15) is 37.8 Å². The van der Waals surface area contributed by atoms with E-state index < -0.39 is 0 Å². The number of carbonyl (C=O) groups is 1. The summed E-state index contributed by atoms with van der Waals surface area (Å²) in [6, 6.07) is 20.8. The van der Waals surface area contributed by atoms with Crippen molar-refractivity contribution >= 4 is 5.91 Å². The molecule has 2 heterocycles. The standard InChI is InChI=1S/C23H25N3O/c1-2-20(27)26-15-13-19(14-16-26)23-21(17-9-5-3-6-10-17)22(24-25-23)18-11-7-4-8-12-18/h3-12,19H,2,13-16H2,1H3,(H,24,25). The molecular weight excluding hydrogens is 334 g/mol. The van der Waals surface area contributed by atoms with Gasteiger partial charge in [0.05, 0.1) is 0 Å². The Kier molecular flexibility index (Phi) is 5.05. The van der Waals surface area contributed by atoms with Crippen molar-refractivity contribution in [3.8, 4) is 22.4 Å². The number of H-pyrrole nitrogens is 1. The lowest BCUT2D eigenvalue weighted by Gasteiger charge is -2.32.